The molecule has 0 radical (unpaired) electrons. The van der Waals surface area contributed by atoms with Crippen molar-refractivity contribution in [3.8, 4) is 11.5 Å². The van der Waals surface area contributed by atoms with Crippen LogP contribution in [-0.4, -0.2) is 18.0 Å². The predicted octanol–water partition coefficient (Wildman–Crippen LogP) is 5.38. The summed E-state index contributed by atoms with van der Waals surface area (Å²) in [5.41, 5.74) is 5.16. The number of rotatable bonds is 3. The first-order valence-corrected chi connectivity index (χ1v) is 10.5. The number of aromatic hydroxyl groups is 1. The minimum absolute atomic E-state index is 0.0479. The van der Waals surface area contributed by atoms with Crippen molar-refractivity contribution in [2.75, 3.05) is 17.7 Å². The highest BCUT2D eigenvalue weighted by Gasteiger charge is 2.37. The molecule has 1 aliphatic carbocycles. The summed E-state index contributed by atoms with van der Waals surface area (Å²) in [5.74, 6) is 0.629. The third-order valence-corrected chi connectivity index (χ3v) is 6.14. The van der Waals surface area contributed by atoms with E-state index < -0.39 is 6.04 Å². The number of hydrogen-bond donors (Lipinski definition) is 3. The van der Waals surface area contributed by atoms with E-state index in [1.807, 2.05) is 54.6 Å². The van der Waals surface area contributed by atoms with Gasteiger partial charge >= 0.3 is 0 Å². The molecule has 3 aromatic rings. The lowest BCUT2D eigenvalue weighted by molar-refractivity contribution is -0.116. The minimum Gasteiger partial charge on any atom is -0.504 e. The lowest BCUT2D eigenvalue weighted by Crippen LogP contribution is -2.27. The maximum atomic E-state index is 13.5. The van der Waals surface area contributed by atoms with Crippen molar-refractivity contribution >= 4 is 17.2 Å². The highest BCUT2D eigenvalue weighted by molar-refractivity contribution is 6.01. The van der Waals surface area contributed by atoms with Gasteiger partial charge in [-0.15, -0.1) is 0 Å². The van der Waals surface area contributed by atoms with Crippen molar-refractivity contribution < 1.29 is 14.6 Å². The molecule has 0 fully saturated rings. The molecule has 0 saturated heterocycles. The van der Waals surface area contributed by atoms with Gasteiger partial charge < -0.3 is 20.5 Å². The van der Waals surface area contributed by atoms with E-state index in [0.717, 1.165) is 29.1 Å². The van der Waals surface area contributed by atoms with Gasteiger partial charge in [0.2, 0.25) is 0 Å². The number of nitrogens with one attached hydrogen (secondary N) is 2. The van der Waals surface area contributed by atoms with E-state index in [-0.39, 0.29) is 17.5 Å². The Morgan fingerprint density at radius 3 is 2.42 bits per heavy atom. The summed E-state index contributed by atoms with van der Waals surface area (Å²) in [6.07, 6.45) is 1.16. The second-order valence-corrected chi connectivity index (χ2v) is 7.98. The molecule has 3 aromatic carbocycles. The summed E-state index contributed by atoms with van der Waals surface area (Å²) in [5, 5.41) is 17.9. The van der Waals surface area contributed by atoms with Crippen LogP contribution >= 0.6 is 0 Å². The van der Waals surface area contributed by atoms with Gasteiger partial charge in [0.25, 0.3) is 0 Å². The molecule has 1 heterocycles. The summed E-state index contributed by atoms with van der Waals surface area (Å²) in [6, 6.07) is 23.0. The van der Waals surface area contributed by atoms with E-state index in [0.29, 0.717) is 23.3 Å². The number of ether oxygens (including phenoxy) is 1. The monoisotopic (exact) mass is 412 g/mol. The zero-order chi connectivity index (χ0) is 21.4. The fourth-order valence-corrected chi connectivity index (χ4v) is 4.62. The van der Waals surface area contributed by atoms with Crippen LogP contribution in [0.1, 0.15) is 35.9 Å². The first kappa shape index (κ1) is 19.2. The molecular weight excluding hydrogens is 388 g/mol. The highest BCUT2D eigenvalue weighted by Crippen LogP contribution is 2.46. The molecule has 31 heavy (non-hydrogen) atoms. The molecule has 5 nitrogen and oxygen atoms in total. The van der Waals surface area contributed by atoms with Crippen molar-refractivity contribution in [3.05, 3.63) is 95.2 Å². The molecule has 0 aromatic heterocycles. The number of allylic oxidation sites excluding steroid dienone is 1. The lowest BCUT2D eigenvalue weighted by atomic mass is 9.78. The summed E-state index contributed by atoms with van der Waals surface area (Å²) in [4.78, 5) is 13.5. The van der Waals surface area contributed by atoms with E-state index in [4.69, 9.17) is 4.74 Å². The largest absolute Gasteiger partial charge is 0.504 e. The van der Waals surface area contributed by atoms with E-state index in [1.165, 1.54) is 7.11 Å². The maximum Gasteiger partial charge on any atom is 0.163 e. The normalized spacial score (nSPS) is 20.1. The summed E-state index contributed by atoms with van der Waals surface area (Å²) in [7, 11) is 1.52. The maximum absolute atomic E-state index is 13.5. The predicted molar refractivity (Wildman–Crippen MR) is 122 cm³/mol. The summed E-state index contributed by atoms with van der Waals surface area (Å²) in [6.45, 7) is 0. The Morgan fingerprint density at radius 2 is 1.65 bits per heavy atom. The van der Waals surface area contributed by atoms with Gasteiger partial charge in [-0.05, 0) is 36.1 Å². The van der Waals surface area contributed by atoms with Gasteiger partial charge in [0.15, 0.2) is 17.3 Å². The van der Waals surface area contributed by atoms with E-state index in [1.54, 1.807) is 6.07 Å². The Kier molecular flexibility index (Phi) is 4.86. The number of carbonyl (C=O) groups is 1. The van der Waals surface area contributed by atoms with Crippen molar-refractivity contribution in [2.24, 2.45) is 0 Å². The molecule has 2 atom stereocenters. The number of benzene rings is 3. The summed E-state index contributed by atoms with van der Waals surface area (Å²) >= 11 is 0. The number of phenols is 1. The molecule has 2 aliphatic rings. The van der Waals surface area contributed by atoms with E-state index >= 15 is 0 Å². The second kappa shape index (κ2) is 7.84. The van der Waals surface area contributed by atoms with E-state index in [2.05, 4.69) is 22.8 Å². The van der Waals surface area contributed by atoms with Crippen LogP contribution in [0.25, 0.3) is 0 Å². The van der Waals surface area contributed by atoms with Crippen molar-refractivity contribution in [2.45, 2.75) is 24.8 Å². The van der Waals surface area contributed by atoms with Crippen LogP contribution in [-0.2, 0) is 4.79 Å². The zero-order valence-electron chi connectivity index (χ0n) is 17.3. The van der Waals surface area contributed by atoms with Gasteiger partial charge in [-0.2, -0.15) is 0 Å². The van der Waals surface area contributed by atoms with Crippen molar-refractivity contribution in [1.82, 2.24) is 0 Å². The first-order chi connectivity index (χ1) is 15.2. The minimum atomic E-state index is -0.481. The number of fused-ring (bicyclic) bond motifs is 1. The van der Waals surface area contributed by atoms with Crippen LogP contribution in [0.3, 0.4) is 0 Å². The highest BCUT2D eigenvalue weighted by atomic mass is 16.5. The molecule has 0 bridgehead atoms. The molecule has 0 saturated carbocycles. The smallest absolute Gasteiger partial charge is 0.163 e. The van der Waals surface area contributed by atoms with Crippen LogP contribution in [0.15, 0.2) is 84.1 Å². The number of para-hydroxylation sites is 3. The molecule has 156 valence electrons. The second-order valence-electron chi connectivity index (χ2n) is 7.98. The summed E-state index contributed by atoms with van der Waals surface area (Å²) < 4.78 is 5.32. The van der Waals surface area contributed by atoms with Gasteiger partial charge in [0.1, 0.15) is 0 Å². The Balaban J connectivity index is 1.65. The van der Waals surface area contributed by atoms with Crippen LogP contribution in [0.5, 0.6) is 11.5 Å². The number of hydrogen-bond acceptors (Lipinski definition) is 5. The lowest BCUT2D eigenvalue weighted by Gasteiger charge is -2.30. The quantitative estimate of drug-likeness (QED) is 0.539. The van der Waals surface area contributed by atoms with Gasteiger partial charge in [-0.3, -0.25) is 4.79 Å². The van der Waals surface area contributed by atoms with Crippen molar-refractivity contribution in [3.63, 3.8) is 0 Å². The molecule has 5 rings (SSSR count). The molecular formula is C26H24N2O3. The average Bonchev–Trinajstić information content (AvgIpc) is 2.96. The Hall–Kier alpha value is -3.73. The topological polar surface area (TPSA) is 70.6 Å². The molecule has 0 spiro atoms. The standard InChI is InChI=1S/C26H24N2O3/c1-31-23-13-7-10-18(26(23)30)25-24-21(27-19-11-5-6-12-20(19)28-25)14-17(15-22(24)29)16-8-3-2-4-9-16/h2-13,17,25,27-28,30H,14-15H2,1H3. The third kappa shape index (κ3) is 3.42. The number of ketones is 1. The number of anilines is 2. The SMILES string of the molecule is COc1cccc(C2Nc3ccccc3NC3=C2C(=O)CC(c2ccccc2)C3)c1O. The number of Topliss-reactive ketones (excluding diaryl/α,β-unsaturated/α-hetero) is 1. The Bertz CT molecular complexity index is 1170. The molecule has 2 unspecified atom stereocenters. The Labute approximate surface area is 181 Å². The fourth-order valence-electron chi connectivity index (χ4n) is 4.62. The van der Waals surface area contributed by atoms with Gasteiger partial charge in [0.05, 0.1) is 24.5 Å². The average molecular weight is 412 g/mol. The van der Waals surface area contributed by atoms with Crippen LogP contribution in [0.4, 0.5) is 11.4 Å². The van der Waals surface area contributed by atoms with Gasteiger partial charge in [0, 0.05) is 23.3 Å². The fraction of sp³-hybridized carbons (Fsp3) is 0.192. The molecule has 5 heteroatoms. The van der Waals surface area contributed by atoms with E-state index in [9.17, 15) is 9.90 Å². The Morgan fingerprint density at radius 1 is 0.903 bits per heavy atom. The van der Waals surface area contributed by atoms with Crippen LogP contribution in [0.2, 0.25) is 0 Å². The first-order valence-electron chi connectivity index (χ1n) is 10.5. The molecule has 1 aliphatic heterocycles. The van der Waals surface area contributed by atoms with Gasteiger partial charge in [-0.25, -0.2) is 0 Å². The van der Waals surface area contributed by atoms with Crippen LogP contribution < -0.4 is 15.4 Å². The molecule has 0 amide bonds. The van der Waals surface area contributed by atoms with Crippen molar-refractivity contribution in [1.29, 1.82) is 0 Å². The van der Waals surface area contributed by atoms with Gasteiger partial charge in [-0.1, -0.05) is 54.6 Å². The zero-order valence-corrected chi connectivity index (χ0v) is 17.3. The van der Waals surface area contributed by atoms with Crippen LogP contribution in [0, 0.1) is 0 Å². The number of phenolic OH excluding ortho intramolecular Hbond substituents is 1. The number of methoxy groups -OCH3 is 1. The molecule has 3 N–H and O–H groups in total. The third-order valence-electron chi connectivity index (χ3n) is 6.14. The number of carbonyl (C=O) groups excluding carboxylic acids is 1.